The maximum atomic E-state index is 12.7. The molecule has 1 aliphatic rings. The van der Waals surface area contributed by atoms with Gasteiger partial charge in [0.05, 0.1) is 17.8 Å². The van der Waals surface area contributed by atoms with Gasteiger partial charge in [-0.05, 0) is 62.1 Å². The number of para-hydroxylation sites is 1. The van der Waals surface area contributed by atoms with Gasteiger partial charge in [0, 0.05) is 31.3 Å². The van der Waals surface area contributed by atoms with E-state index >= 15 is 0 Å². The van der Waals surface area contributed by atoms with Gasteiger partial charge in [0.2, 0.25) is 5.91 Å². The highest BCUT2D eigenvalue weighted by atomic mass is 16.5. The minimum absolute atomic E-state index is 0.113. The standard InChI is InChI=1S/C30H33N5O3/c1-4-8-20(2)30(37)34-17-15-21(16-18-34)25-19-32-35-27(28(31)36)26(33(3)29(25)35)22-11-13-24(14-12-22)38-23-9-6-5-7-10-23/h4-14,19-21H,15-18H2,1-3H3,(H2,31,36)/b8-4+. The Morgan fingerprint density at radius 1 is 1.05 bits per heavy atom. The molecule has 2 amide bonds. The van der Waals surface area contributed by atoms with Gasteiger partial charge in [-0.1, -0.05) is 37.3 Å². The number of carbonyl (C=O) groups is 2. The molecule has 2 aromatic carbocycles. The lowest BCUT2D eigenvalue weighted by Gasteiger charge is -2.33. The fourth-order valence-corrected chi connectivity index (χ4v) is 5.43. The topological polar surface area (TPSA) is 94.9 Å². The molecule has 0 saturated carbocycles. The zero-order valence-electron chi connectivity index (χ0n) is 22.0. The van der Waals surface area contributed by atoms with E-state index in [2.05, 4.69) is 5.10 Å². The molecule has 1 atom stereocenters. The molecule has 4 aromatic rings. The van der Waals surface area contributed by atoms with Crippen molar-refractivity contribution in [2.45, 2.75) is 32.6 Å². The van der Waals surface area contributed by atoms with Gasteiger partial charge in [0.15, 0.2) is 5.69 Å². The zero-order valence-corrected chi connectivity index (χ0v) is 22.0. The number of benzene rings is 2. The molecule has 0 radical (unpaired) electrons. The number of nitrogens with zero attached hydrogens (tertiary/aromatic N) is 4. The van der Waals surface area contributed by atoms with Crippen molar-refractivity contribution in [3.05, 3.63) is 84.2 Å². The number of primary amides is 1. The van der Waals surface area contributed by atoms with E-state index in [1.807, 2.05) is 103 Å². The Balaban J connectivity index is 1.43. The van der Waals surface area contributed by atoms with Crippen molar-refractivity contribution in [3.8, 4) is 22.8 Å². The monoisotopic (exact) mass is 511 g/mol. The number of amides is 2. The number of aryl methyl sites for hydroxylation is 1. The second-order valence-electron chi connectivity index (χ2n) is 9.81. The van der Waals surface area contributed by atoms with Gasteiger partial charge in [-0.25, -0.2) is 4.52 Å². The Labute approximate surface area is 222 Å². The number of ether oxygens (including phenoxy) is 1. The second-order valence-corrected chi connectivity index (χ2v) is 9.81. The quantitative estimate of drug-likeness (QED) is 0.347. The third-order valence-corrected chi connectivity index (χ3v) is 7.32. The summed E-state index contributed by atoms with van der Waals surface area (Å²) in [6, 6.07) is 17.2. The summed E-state index contributed by atoms with van der Waals surface area (Å²) in [5, 5.41) is 4.58. The molecule has 2 aromatic heterocycles. The molecule has 1 unspecified atom stereocenters. The van der Waals surface area contributed by atoms with E-state index in [1.54, 1.807) is 4.52 Å². The summed E-state index contributed by atoms with van der Waals surface area (Å²) in [4.78, 5) is 27.3. The molecule has 3 heterocycles. The third-order valence-electron chi connectivity index (χ3n) is 7.32. The molecule has 8 nitrogen and oxygen atoms in total. The van der Waals surface area contributed by atoms with Crippen LogP contribution in [0.4, 0.5) is 0 Å². The fraction of sp³-hybridized carbons (Fsp3) is 0.300. The van der Waals surface area contributed by atoms with E-state index in [1.165, 1.54) is 0 Å². The van der Waals surface area contributed by atoms with E-state index in [0.717, 1.165) is 35.4 Å². The van der Waals surface area contributed by atoms with Crippen molar-refractivity contribution in [1.29, 1.82) is 0 Å². The van der Waals surface area contributed by atoms with Gasteiger partial charge in [-0.2, -0.15) is 5.10 Å². The van der Waals surface area contributed by atoms with Crippen molar-refractivity contribution in [3.63, 3.8) is 0 Å². The highest BCUT2D eigenvalue weighted by Crippen LogP contribution is 2.36. The number of nitrogens with two attached hydrogens (primary N) is 1. The zero-order chi connectivity index (χ0) is 26.8. The SMILES string of the molecule is C/C=C/C(C)C(=O)N1CCC(c2cnn3c(C(N)=O)c(-c4ccc(Oc5ccccc5)cc4)n(C)c23)CC1. The minimum atomic E-state index is -0.539. The number of rotatable bonds is 7. The van der Waals surface area contributed by atoms with E-state index < -0.39 is 5.91 Å². The summed E-state index contributed by atoms with van der Waals surface area (Å²) in [7, 11) is 1.94. The summed E-state index contributed by atoms with van der Waals surface area (Å²) >= 11 is 0. The Morgan fingerprint density at radius 2 is 1.71 bits per heavy atom. The molecule has 38 heavy (non-hydrogen) atoms. The normalized spacial score (nSPS) is 15.3. The predicted molar refractivity (Wildman–Crippen MR) is 147 cm³/mol. The largest absolute Gasteiger partial charge is 0.457 e. The summed E-state index contributed by atoms with van der Waals surface area (Å²) < 4.78 is 9.59. The number of carbonyl (C=O) groups excluding carboxylic acids is 2. The lowest BCUT2D eigenvalue weighted by atomic mass is 9.90. The molecule has 2 N–H and O–H groups in total. The van der Waals surface area contributed by atoms with Crippen LogP contribution in [0.15, 0.2) is 72.9 Å². The Hall–Kier alpha value is -4.33. The lowest BCUT2D eigenvalue weighted by molar-refractivity contribution is -0.134. The van der Waals surface area contributed by atoms with Gasteiger partial charge >= 0.3 is 0 Å². The molecule has 196 valence electrons. The van der Waals surface area contributed by atoms with Crippen molar-refractivity contribution in [2.24, 2.45) is 18.7 Å². The van der Waals surface area contributed by atoms with Crippen LogP contribution in [0.3, 0.4) is 0 Å². The molecule has 8 heteroatoms. The number of hydrogen-bond donors (Lipinski definition) is 1. The molecule has 5 rings (SSSR count). The Kier molecular flexibility index (Phi) is 7.05. The number of aromatic nitrogens is 3. The molecule has 1 saturated heterocycles. The average Bonchev–Trinajstić information content (AvgIpc) is 3.48. The summed E-state index contributed by atoms with van der Waals surface area (Å²) in [5.74, 6) is 1.20. The highest BCUT2D eigenvalue weighted by Gasteiger charge is 2.30. The third kappa shape index (κ3) is 4.69. The van der Waals surface area contributed by atoms with E-state index in [9.17, 15) is 9.59 Å². The first kappa shape index (κ1) is 25.3. The molecule has 1 fully saturated rings. The van der Waals surface area contributed by atoms with Crippen molar-refractivity contribution in [1.82, 2.24) is 19.1 Å². The minimum Gasteiger partial charge on any atom is -0.457 e. The predicted octanol–water partition coefficient (Wildman–Crippen LogP) is 5.15. The van der Waals surface area contributed by atoms with Gasteiger partial charge in [0.1, 0.15) is 17.1 Å². The number of allylic oxidation sites excluding steroid dienone is 1. The molecule has 0 aliphatic carbocycles. The van der Waals surface area contributed by atoms with Crippen LogP contribution in [0, 0.1) is 5.92 Å². The number of likely N-dealkylation sites (tertiary alicyclic amines) is 1. The van der Waals surface area contributed by atoms with E-state index in [4.69, 9.17) is 10.5 Å². The van der Waals surface area contributed by atoms with Crippen LogP contribution >= 0.6 is 0 Å². The molecule has 0 bridgehead atoms. The van der Waals surface area contributed by atoms with Gasteiger partial charge < -0.3 is 19.9 Å². The van der Waals surface area contributed by atoms with Crippen LogP contribution in [-0.4, -0.2) is 44.0 Å². The van der Waals surface area contributed by atoms with Gasteiger partial charge in [0.25, 0.3) is 5.91 Å². The van der Waals surface area contributed by atoms with Gasteiger partial charge in [-0.3, -0.25) is 9.59 Å². The second kappa shape index (κ2) is 10.6. The number of imidazole rings is 1. The fourth-order valence-electron chi connectivity index (χ4n) is 5.43. The lowest BCUT2D eigenvalue weighted by Crippen LogP contribution is -2.40. The summed E-state index contributed by atoms with van der Waals surface area (Å²) in [6.45, 7) is 5.27. The first-order chi connectivity index (χ1) is 18.4. The van der Waals surface area contributed by atoms with Gasteiger partial charge in [-0.15, -0.1) is 0 Å². The van der Waals surface area contributed by atoms with Crippen molar-refractivity contribution in [2.75, 3.05) is 13.1 Å². The maximum Gasteiger partial charge on any atom is 0.269 e. The number of piperidine rings is 1. The average molecular weight is 512 g/mol. The van der Waals surface area contributed by atoms with E-state index in [0.29, 0.717) is 30.2 Å². The van der Waals surface area contributed by atoms with Crippen molar-refractivity contribution < 1.29 is 14.3 Å². The smallest absolute Gasteiger partial charge is 0.269 e. The Morgan fingerprint density at radius 3 is 2.34 bits per heavy atom. The molecular weight excluding hydrogens is 478 g/mol. The molecule has 0 spiro atoms. The summed E-state index contributed by atoms with van der Waals surface area (Å²) in [6.07, 6.45) is 7.38. The van der Waals surface area contributed by atoms with Crippen LogP contribution in [0.1, 0.15) is 48.7 Å². The van der Waals surface area contributed by atoms with E-state index in [-0.39, 0.29) is 17.7 Å². The van der Waals surface area contributed by atoms with Crippen molar-refractivity contribution >= 4 is 17.5 Å². The first-order valence-corrected chi connectivity index (χ1v) is 13.0. The van der Waals surface area contributed by atoms with Crippen LogP contribution in [-0.2, 0) is 11.8 Å². The maximum absolute atomic E-state index is 12.7. The number of fused-ring (bicyclic) bond motifs is 1. The number of hydrogen-bond acceptors (Lipinski definition) is 4. The Bertz CT molecular complexity index is 1480. The highest BCUT2D eigenvalue weighted by molar-refractivity contribution is 5.99. The van der Waals surface area contributed by atoms with Crippen LogP contribution in [0.25, 0.3) is 16.9 Å². The van der Waals surface area contributed by atoms with Crippen LogP contribution in [0.2, 0.25) is 0 Å². The molecular formula is C30H33N5O3. The molecule has 1 aliphatic heterocycles. The first-order valence-electron chi connectivity index (χ1n) is 13.0. The van der Waals surface area contributed by atoms with Crippen LogP contribution in [0.5, 0.6) is 11.5 Å². The van der Waals surface area contributed by atoms with Crippen LogP contribution < -0.4 is 10.5 Å². The summed E-state index contributed by atoms with van der Waals surface area (Å²) in [5.41, 5.74) is 9.69.